The molecule has 0 unspecified atom stereocenters. The summed E-state index contributed by atoms with van der Waals surface area (Å²) in [5, 5.41) is 0. The molecular weight excluding hydrogens is 447 g/mol. The Morgan fingerprint density at radius 3 is 2.41 bits per heavy atom. The van der Waals surface area contributed by atoms with Crippen molar-refractivity contribution in [3.05, 3.63) is 53.1 Å². The highest BCUT2D eigenvalue weighted by atomic mass is 19.4. The van der Waals surface area contributed by atoms with Crippen molar-refractivity contribution in [2.75, 3.05) is 27.4 Å². The molecule has 184 valence electrons. The lowest BCUT2D eigenvalue weighted by Crippen LogP contribution is -2.45. The Hall–Kier alpha value is -2.90. The van der Waals surface area contributed by atoms with Crippen molar-refractivity contribution < 1.29 is 32.2 Å². The third kappa shape index (κ3) is 5.10. The summed E-state index contributed by atoms with van der Waals surface area (Å²) in [6.45, 7) is 0.566. The zero-order valence-corrected chi connectivity index (χ0v) is 19.5. The molecule has 0 N–H and O–H groups in total. The van der Waals surface area contributed by atoms with Gasteiger partial charge < -0.3 is 19.1 Å². The van der Waals surface area contributed by atoms with Crippen molar-refractivity contribution >= 4 is 5.91 Å². The van der Waals surface area contributed by atoms with Crippen LogP contribution in [0, 0.1) is 5.92 Å². The molecule has 2 aromatic rings. The standard InChI is InChI=1S/C26H30F3NO4/c1-32-23-13-18-11-12-30(25(31)17-7-4-3-5-8-17)22(21(18)15-24(23)33-2)16-34-20-10-6-9-19(14-20)26(27,28)29/h6,9-10,13-15,17,22H,3-5,7-8,11-12,16H2,1-2H3/t22-/m0/s1. The topological polar surface area (TPSA) is 48.0 Å². The van der Waals surface area contributed by atoms with Crippen LogP contribution in [0.5, 0.6) is 17.2 Å². The highest BCUT2D eigenvalue weighted by molar-refractivity contribution is 5.80. The van der Waals surface area contributed by atoms with E-state index in [1.165, 1.54) is 12.1 Å². The van der Waals surface area contributed by atoms with Crippen molar-refractivity contribution in [2.24, 2.45) is 5.92 Å². The Kier molecular flexibility index (Phi) is 7.24. The number of rotatable bonds is 6. The molecule has 0 bridgehead atoms. The number of amides is 1. The molecule has 34 heavy (non-hydrogen) atoms. The molecule has 0 spiro atoms. The molecule has 0 radical (unpaired) electrons. The number of hydrogen-bond donors (Lipinski definition) is 0. The number of fused-ring (bicyclic) bond motifs is 1. The minimum Gasteiger partial charge on any atom is -0.493 e. The monoisotopic (exact) mass is 477 g/mol. The molecule has 1 saturated carbocycles. The maximum atomic E-state index is 13.5. The van der Waals surface area contributed by atoms with Crippen molar-refractivity contribution in [1.29, 1.82) is 0 Å². The van der Waals surface area contributed by atoms with E-state index in [9.17, 15) is 18.0 Å². The first-order valence-electron chi connectivity index (χ1n) is 11.7. The molecule has 0 aromatic heterocycles. The number of halogens is 3. The largest absolute Gasteiger partial charge is 0.493 e. The quantitative estimate of drug-likeness (QED) is 0.527. The maximum absolute atomic E-state index is 13.5. The van der Waals surface area contributed by atoms with Crippen molar-refractivity contribution in [3.8, 4) is 17.2 Å². The van der Waals surface area contributed by atoms with Crippen LogP contribution in [0.2, 0.25) is 0 Å². The smallest absolute Gasteiger partial charge is 0.416 e. The van der Waals surface area contributed by atoms with Crippen LogP contribution in [-0.2, 0) is 17.4 Å². The molecule has 1 fully saturated rings. The Labute approximate surface area is 197 Å². The second-order valence-electron chi connectivity index (χ2n) is 8.87. The van der Waals surface area contributed by atoms with E-state index in [1.54, 1.807) is 14.2 Å². The SMILES string of the molecule is COc1cc2c(cc1OC)[C@H](COc1cccc(C(F)(F)F)c1)N(C(=O)C1CCCCC1)CC2. The first-order chi connectivity index (χ1) is 16.3. The fourth-order valence-electron chi connectivity index (χ4n) is 4.99. The van der Waals surface area contributed by atoms with Gasteiger partial charge in [-0.25, -0.2) is 0 Å². The lowest BCUT2D eigenvalue weighted by atomic mass is 9.86. The van der Waals surface area contributed by atoms with E-state index < -0.39 is 17.8 Å². The molecular formula is C26H30F3NO4. The fourth-order valence-corrected chi connectivity index (χ4v) is 4.99. The Morgan fingerprint density at radius 2 is 1.74 bits per heavy atom. The predicted octanol–water partition coefficient (Wildman–Crippen LogP) is 5.81. The van der Waals surface area contributed by atoms with E-state index in [0.717, 1.165) is 55.4 Å². The van der Waals surface area contributed by atoms with Gasteiger partial charge in [0.1, 0.15) is 12.4 Å². The maximum Gasteiger partial charge on any atom is 0.416 e. The third-order valence-electron chi connectivity index (χ3n) is 6.81. The van der Waals surface area contributed by atoms with Gasteiger partial charge in [-0.3, -0.25) is 4.79 Å². The van der Waals surface area contributed by atoms with E-state index >= 15 is 0 Å². The van der Waals surface area contributed by atoms with Crippen molar-refractivity contribution in [1.82, 2.24) is 4.90 Å². The minimum absolute atomic E-state index is 0.0218. The molecule has 8 heteroatoms. The zero-order valence-electron chi connectivity index (χ0n) is 19.5. The molecule has 5 nitrogen and oxygen atoms in total. The highest BCUT2D eigenvalue weighted by Gasteiger charge is 2.36. The molecule has 2 aromatic carbocycles. The number of alkyl halides is 3. The van der Waals surface area contributed by atoms with E-state index in [-0.39, 0.29) is 24.2 Å². The van der Waals surface area contributed by atoms with Crippen LogP contribution in [0.4, 0.5) is 13.2 Å². The molecule has 0 saturated heterocycles. The van der Waals surface area contributed by atoms with Gasteiger partial charge in [0.25, 0.3) is 0 Å². The molecule has 1 atom stereocenters. The lowest BCUT2D eigenvalue weighted by Gasteiger charge is -2.40. The first-order valence-corrected chi connectivity index (χ1v) is 11.7. The summed E-state index contributed by atoms with van der Waals surface area (Å²) in [7, 11) is 3.12. The third-order valence-corrected chi connectivity index (χ3v) is 6.81. The summed E-state index contributed by atoms with van der Waals surface area (Å²) < 4.78 is 56.3. The van der Waals surface area contributed by atoms with Gasteiger partial charge >= 0.3 is 6.18 Å². The second kappa shape index (κ2) is 10.2. The van der Waals surface area contributed by atoms with E-state index in [0.29, 0.717) is 24.5 Å². The van der Waals surface area contributed by atoms with Gasteiger partial charge in [-0.2, -0.15) is 13.2 Å². The molecule has 1 aliphatic carbocycles. The van der Waals surface area contributed by atoms with Crippen LogP contribution in [0.1, 0.15) is 54.8 Å². The van der Waals surface area contributed by atoms with Crippen LogP contribution in [0.15, 0.2) is 36.4 Å². The fraction of sp³-hybridized carbons (Fsp3) is 0.500. The van der Waals surface area contributed by atoms with Gasteiger partial charge in [-0.05, 0) is 60.7 Å². The average molecular weight is 478 g/mol. The molecule has 1 aliphatic heterocycles. The van der Waals surface area contributed by atoms with Crippen molar-refractivity contribution in [2.45, 2.75) is 50.7 Å². The van der Waals surface area contributed by atoms with Crippen LogP contribution in [0.25, 0.3) is 0 Å². The van der Waals surface area contributed by atoms with E-state index in [4.69, 9.17) is 14.2 Å². The van der Waals surface area contributed by atoms with E-state index in [2.05, 4.69) is 0 Å². The molecule has 4 rings (SSSR count). The summed E-state index contributed by atoms with van der Waals surface area (Å²) in [4.78, 5) is 15.4. The molecule has 2 aliphatic rings. The number of ether oxygens (including phenoxy) is 3. The van der Waals surface area contributed by atoms with Crippen LogP contribution < -0.4 is 14.2 Å². The van der Waals surface area contributed by atoms with Crippen LogP contribution in [0.3, 0.4) is 0 Å². The summed E-state index contributed by atoms with van der Waals surface area (Å²) in [6, 6.07) is 8.16. The lowest BCUT2D eigenvalue weighted by molar-refractivity contribution is -0.140. The van der Waals surface area contributed by atoms with Crippen LogP contribution in [-0.4, -0.2) is 38.2 Å². The number of benzene rings is 2. The summed E-state index contributed by atoms with van der Waals surface area (Å²) in [6.07, 6.45) is 1.17. The van der Waals surface area contributed by atoms with Gasteiger partial charge in [0, 0.05) is 12.5 Å². The number of carbonyl (C=O) groups excluding carboxylic acids is 1. The number of hydrogen-bond acceptors (Lipinski definition) is 4. The zero-order chi connectivity index (χ0) is 24.3. The first kappa shape index (κ1) is 24.2. The molecule has 1 amide bonds. The Morgan fingerprint density at radius 1 is 1.03 bits per heavy atom. The highest BCUT2D eigenvalue weighted by Crippen LogP contribution is 2.40. The van der Waals surface area contributed by atoms with Gasteiger partial charge in [-0.15, -0.1) is 0 Å². The number of methoxy groups -OCH3 is 2. The molecule has 1 heterocycles. The van der Waals surface area contributed by atoms with Gasteiger partial charge in [0.15, 0.2) is 11.5 Å². The normalized spacial score (nSPS) is 18.9. The summed E-state index contributed by atoms with van der Waals surface area (Å²) >= 11 is 0. The van der Waals surface area contributed by atoms with Crippen LogP contribution >= 0.6 is 0 Å². The van der Waals surface area contributed by atoms with E-state index in [1.807, 2.05) is 17.0 Å². The Bertz CT molecular complexity index is 1020. The summed E-state index contributed by atoms with van der Waals surface area (Å²) in [5.74, 6) is 1.33. The number of carbonyl (C=O) groups is 1. The minimum atomic E-state index is -4.45. The second-order valence-corrected chi connectivity index (χ2v) is 8.87. The predicted molar refractivity (Wildman–Crippen MR) is 121 cm³/mol. The van der Waals surface area contributed by atoms with Gasteiger partial charge in [0.05, 0.1) is 25.8 Å². The Balaban J connectivity index is 1.65. The van der Waals surface area contributed by atoms with Gasteiger partial charge in [0.2, 0.25) is 5.91 Å². The van der Waals surface area contributed by atoms with Gasteiger partial charge in [-0.1, -0.05) is 25.3 Å². The van der Waals surface area contributed by atoms with Crippen molar-refractivity contribution in [3.63, 3.8) is 0 Å². The average Bonchev–Trinajstić information content (AvgIpc) is 2.86. The summed E-state index contributed by atoms with van der Waals surface area (Å²) in [5.41, 5.74) is 1.12. The number of nitrogens with zero attached hydrogens (tertiary/aromatic N) is 1.